The Balaban J connectivity index is 2.02. The van der Waals surface area contributed by atoms with E-state index in [1.54, 1.807) is 11.3 Å². The van der Waals surface area contributed by atoms with Crippen LogP contribution in [0.2, 0.25) is 4.34 Å². The van der Waals surface area contributed by atoms with Crippen LogP contribution in [0.25, 0.3) is 0 Å². The topological polar surface area (TPSA) is 15.3 Å². The van der Waals surface area contributed by atoms with Crippen molar-refractivity contribution in [2.75, 3.05) is 26.2 Å². The zero-order chi connectivity index (χ0) is 10.7. The second kappa shape index (κ2) is 5.30. The molecule has 0 bridgehead atoms. The summed E-state index contributed by atoms with van der Waals surface area (Å²) in [5.41, 5.74) is 0. The summed E-state index contributed by atoms with van der Waals surface area (Å²) in [5, 5.41) is 3.42. The van der Waals surface area contributed by atoms with Crippen LogP contribution in [0.1, 0.15) is 24.3 Å². The fraction of sp³-hybridized carbons (Fsp3) is 0.636. The third-order valence-electron chi connectivity index (χ3n) is 2.93. The average Bonchev–Trinajstić information content (AvgIpc) is 2.53. The highest BCUT2D eigenvalue weighted by molar-refractivity contribution is 7.16. The number of nitrogens with zero attached hydrogens (tertiary/aromatic N) is 1. The van der Waals surface area contributed by atoms with Gasteiger partial charge in [0.1, 0.15) is 0 Å². The van der Waals surface area contributed by atoms with Crippen molar-refractivity contribution in [3.8, 4) is 0 Å². The van der Waals surface area contributed by atoms with Crippen molar-refractivity contribution in [3.63, 3.8) is 0 Å². The van der Waals surface area contributed by atoms with Crippen molar-refractivity contribution in [2.24, 2.45) is 0 Å². The summed E-state index contributed by atoms with van der Waals surface area (Å²) in [5.74, 6) is 0. The number of thiophene rings is 1. The Hall–Kier alpha value is -0.0900. The second-order valence-corrected chi connectivity index (χ2v) is 5.70. The monoisotopic (exact) mass is 244 g/mol. The number of hydrogen-bond acceptors (Lipinski definition) is 3. The maximum Gasteiger partial charge on any atom is 0.0931 e. The maximum atomic E-state index is 5.96. The standard InChI is InChI=1S/C11H17ClN2S/c1-9(10-3-4-11(12)15-10)14-7-2-5-13-6-8-14/h3-4,9,13H,2,5-8H2,1H3. The molecule has 1 aromatic rings. The Morgan fingerprint density at radius 2 is 2.27 bits per heavy atom. The molecule has 4 heteroatoms. The fourth-order valence-electron chi connectivity index (χ4n) is 1.99. The molecule has 15 heavy (non-hydrogen) atoms. The molecule has 2 heterocycles. The molecule has 1 N–H and O–H groups in total. The largest absolute Gasteiger partial charge is 0.315 e. The van der Waals surface area contributed by atoms with Gasteiger partial charge in [0.25, 0.3) is 0 Å². The minimum Gasteiger partial charge on any atom is -0.315 e. The van der Waals surface area contributed by atoms with E-state index in [2.05, 4.69) is 23.2 Å². The predicted octanol–water partition coefficient (Wildman–Crippen LogP) is 2.76. The molecule has 1 fully saturated rings. The molecule has 0 amide bonds. The van der Waals surface area contributed by atoms with Gasteiger partial charge < -0.3 is 5.32 Å². The van der Waals surface area contributed by atoms with Crippen LogP contribution < -0.4 is 5.32 Å². The summed E-state index contributed by atoms with van der Waals surface area (Å²) >= 11 is 7.66. The Morgan fingerprint density at radius 1 is 1.40 bits per heavy atom. The molecule has 1 unspecified atom stereocenters. The van der Waals surface area contributed by atoms with Crippen LogP contribution in [-0.4, -0.2) is 31.1 Å². The molecule has 0 aliphatic carbocycles. The highest BCUT2D eigenvalue weighted by atomic mass is 35.5. The summed E-state index contributed by atoms with van der Waals surface area (Å²) in [7, 11) is 0. The predicted molar refractivity (Wildman–Crippen MR) is 66.8 cm³/mol. The SMILES string of the molecule is CC(c1ccc(Cl)s1)N1CCCNCC1. The third-order valence-corrected chi connectivity index (χ3v) is 4.33. The van der Waals surface area contributed by atoms with Crippen molar-refractivity contribution >= 4 is 22.9 Å². The number of hydrogen-bond donors (Lipinski definition) is 1. The molecule has 84 valence electrons. The van der Waals surface area contributed by atoms with E-state index in [0.29, 0.717) is 6.04 Å². The van der Waals surface area contributed by atoms with Crippen LogP contribution >= 0.6 is 22.9 Å². The van der Waals surface area contributed by atoms with Gasteiger partial charge in [0, 0.05) is 30.6 Å². The normalized spacial score (nSPS) is 21.2. The first-order chi connectivity index (χ1) is 7.27. The summed E-state index contributed by atoms with van der Waals surface area (Å²) in [6.45, 7) is 6.84. The maximum absolute atomic E-state index is 5.96. The minimum atomic E-state index is 0.502. The van der Waals surface area contributed by atoms with Crippen LogP contribution in [0.4, 0.5) is 0 Å². The highest BCUT2D eigenvalue weighted by Gasteiger charge is 2.18. The van der Waals surface area contributed by atoms with Gasteiger partial charge in [-0.05, 0) is 32.0 Å². The lowest BCUT2D eigenvalue weighted by Gasteiger charge is -2.26. The number of nitrogens with one attached hydrogen (secondary N) is 1. The molecule has 1 aromatic heterocycles. The summed E-state index contributed by atoms with van der Waals surface area (Å²) in [6.07, 6.45) is 1.24. The van der Waals surface area contributed by atoms with Crippen LogP contribution in [0.15, 0.2) is 12.1 Å². The summed E-state index contributed by atoms with van der Waals surface area (Å²) in [4.78, 5) is 3.91. The summed E-state index contributed by atoms with van der Waals surface area (Å²) in [6, 6.07) is 4.65. The molecule has 0 saturated carbocycles. The van der Waals surface area contributed by atoms with Crippen LogP contribution in [0, 0.1) is 0 Å². The van der Waals surface area contributed by atoms with Gasteiger partial charge in [0.2, 0.25) is 0 Å². The number of rotatable bonds is 2. The van der Waals surface area contributed by atoms with Crippen molar-refractivity contribution < 1.29 is 0 Å². The minimum absolute atomic E-state index is 0.502. The van der Waals surface area contributed by atoms with Gasteiger partial charge in [-0.25, -0.2) is 0 Å². The first-order valence-electron chi connectivity index (χ1n) is 5.47. The lowest BCUT2D eigenvalue weighted by molar-refractivity contribution is 0.228. The van der Waals surface area contributed by atoms with E-state index in [9.17, 15) is 0 Å². The van der Waals surface area contributed by atoms with E-state index in [-0.39, 0.29) is 0 Å². The summed E-state index contributed by atoms with van der Waals surface area (Å²) < 4.78 is 0.893. The van der Waals surface area contributed by atoms with Gasteiger partial charge in [0.15, 0.2) is 0 Å². The molecule has 0 spiro atoms. The molecule has 1 saturated heterocycles. The molecule has 2 rings (SSSR count). The fourth-order valence-corrected chi connectivity index (χ4v) is 3.13. The van der Waals surface area contributed by atoms with Crippen LogP contribution in [0.5, 0.6) is 0 Å². The zero-order valence-corrected chi connectivity index (χ0v) is 10.6. The number of halogens is 1. The quantitative estimate of drug-likeness (QED) is 0.861. The van der Waals surface area contributed by atoms with Crippen LogP contribution in [0.3, 0.4) is 0 Å². The van der Waals surface area contributed by atoms with Gasteiger partial charge in [-0.3, -0.25) is 4.90 Å². The molecular weight excluding hydrogens is 228 g/mol. The van der Waals surface area contributed by atoms with E-state index in [4.69, 9.17) is 11.6 Å². The molecular formula is C11H17ClN2S. The van der Waals surface area contributed by atoms with Crippen molar-refractivity contribution in [2.45, 2.75) is 19.4 Å². The first-order valence-corrected chi connectivity index (χ1v) is 6.67. The molecule has 0 radical (unpaired) electrons. The van der Waals surface area contributed by atoms with Crippen molar-refractivity contribution in [1.82, 2.24) is 10.2 Å². The van der Waals surface area contributed by atoms with Gasteiger partial charge in [0.05, 0.1) is 4.34 Å². The Labute approximate surface area is 100 Å². The van der Waals surface area contributed by atoms with Gasteiger partial charge in [-0.15, -0.1) is 11.3 Å². The molecule has 0 aromatic carbocycles. The van der Waals surface area contributed by atoms with Gasteiger partial charge in [-0.1, -0.05) is 11.6 Å². The molecule has 1 atom stereocenters. The first kappa shape index (κ1) is 11.4. The van der Waals surface area contributed by atoms with E-state index >= 15 is 0 Å². The van der Waals surface area contributed by atoms with Crippen molar-refractivity contribution in [1.29, 1.82) is 0 Å². The lowest BCUT2D eigenvalue weighted by atomic mass is 10.2. The molecule has 1 aliphatic heterocycles. The highest BCUT2D eigenvalue weighted by Crippen LogP contribution is 2.30. The third kappa shape index (κ3) is 2.94. The van der Waals surface area contributed by atoms with Gasteiger partial charge in [-0.2, -0.15) is 0 Å². The molecule has 1 aliphatic rings. The zero-order valence-electron chi connectivity index (χ0n) is 9.00. The second-order valence-electron chi connectivity index (χ2n) is 3.96. The van der Waals surface area contributed by atoms with Crippen LogP contribution in [-0.2, 0) is 0 Å². The Kier molecular flexibility index (Phi) is 4.03. The Bertz CT molecular complexity index is 305. The Morgan fingerprint density at radius 3 is 3.00 bits per heavy atom. The lowest BCUT2D eigenvalue weighted by Crippen LogP contribution is -2.30. The van der Waals surface area contributed by atoms with Gasteiger partial charge >= 0.3 is 0 Å². The van der Waals surface area contributed by atoms with E-state index in [1.165, 1.54) is 17.8 Å². The van der Waals surface area contributed by atoms with E-state index < -0.39 is 0 Å². The van der Waals surface area contributed by atoms with E-state index in [1.807, 2.05) is 6.07 Å². The van der Waals surface area contributed by atoms with Crippen molar-refractivity contribution in [3.05, 3.63) is 21.3 Å². The van der Waals surface area contributed by atoms with E-state index in [0.717, 1.165) is 24.0 Å². The smallest absolute Gasteiger partial charge is 0.0931 e. The average molecular weight is 245 g/mol. The molecule has 2 nitrogen and oxygen atoms in total.